The van der Waals surface area contributed by atoms with E-state index in [-0.39, 0.29) is 0 Å². The normalized spacial score (nSPS) is 12.2. The van der Waals surface area contributed by atoms with Crippen LogP contribution in [0.25, 0.3) is 0 Å². The second-order valence-electron chi connectivity index (χ2n) is 6.94. The molecule has 4 heteroatoms. The van der Waals surface area contributed by atoms with Crippen LogP contribution < -0.4 is 14.8 Å². The van der Waals surface area contributed by atoms with Gasteiger partial charge in [-0.25, -0.2) is 0 Å². The van der Waals surface area contributed by atoms with Crippen molar-refractivity contribution in [2.45, 2.75) is 32.4 Å². The summed E-state index contributed by atoms with van der Waals surface area (Å²) in [5.41, 5.74) is 2.59. The average molecular weight is 357 g/mol. The van der Waals surface area contributed by atoms with Gasteiger partial charge < -0.3 is 19.7 Å². The van der Waals surface area contributed by atoms with E-state index in [9.17, 15) is 0 Å². The summed E-state index contributed by atoms with van der Waals surface area (Å²) >= 11 is 0. The van der Waals surface area contributed by atoms with Crippen LogP contribution in [0.1, 0.15) is 24.5 Å². The van der Waals surface area contributed by atoms with Crippen molar-refractivity contribution in [2.24, 2.45) is 0 Å². The van der Waals surface area contributed by atoms with Crippen molar-refractivity contribution >= 4 is 0 Å². The molecule has 4 nitrogen and oxygen atoms in total. The molecule has 0 amide bonds. The van der Waals surface area contributed by atoms with Crippen LogP contribution >= 0.6 is 0 Å². The third kappa shape index (κ3) is 7.06. The quantitative estimate of drug-likeness (QED) is 0.665. The van der Waals surface area contributed by atoms with Gasteiger partial charge in [0.25, 0.3) is 0 Å². The van der Waals surface area contributed by atoms with Gasteiger partial charge in [0.05, 0.1) is 7.11 Å². The number of benzene rings is 2. The van der Waals surface area contributed by atoms with E-state index in [2.05, 4.69) is 53.5 Å². The lowest BCUT2D eigenvalue weighted by Gasteiger charge is -2.16. The summed E-state index contributed by atoms with van der Waals surface area (Å²) in [5, 5.41) is 3.59. The minimum Gasteiger partial charge on any atom is -0.493 e. The number of methoxy groups -OCH3 is 1. The molecule has 0 spiro atoms. The molecular formula is C22H32N2O2. The number of ether oxygens (including phenoxy) is 2. The van der Waals surface area contributed by atoms with Gasteiger partial charge in [-0.05, 0) is 57.1 Å². The van der Waals surface area contributed by atoms with Gasteiger partial charge in [-0.1, -0.05) is 36.4 Å². The summed E-state index contributed by atoms with van der Waals surface area (Å²) in [7, 11) is 5.77. The van der Waals surface area contributed by atoms with E-state index in [1.807, 2.05) is 26.2 Å². The van der Waals surface area contributed by atoms with E-state index in [0.29, 0.717) is 12.6 Å². The minimum atomic E-state index is 0.456. The highest BCUT2D eigenvalue weighted by Gasteiger charge is 2.08. The first-order chi connectivity index (χ1) is 12.6. The Balaban J connectivity index is 1.81. The lowest BCUT2D eigenvalue weighted by Crippen LogP contribution is -2.25. The zero-order valence-electron chi connectivity index (χ0n) is 16.5. The molecule has 0 aliphatic carbocycles. The molecule has 0 heterocycles. The number of likely N-dealkylation sites (N-methyl/N-ethyl adjacent to an activating group) is 1. The highest BCUT2D eigenvalue weighted by Crippen LogP contribution is 2.28. The molecule has 1 unspecified atom stereocenters. The van der Waals surface area contributed by atoms with Crippen molar-refractivity contribution in [3.63, 3.8) is 0 Å². The summed E-state index contributed by atoms with van der Waals surface area (Å²) in [6, 6.07) is 17.2. The van der Waals surface area contributed by atoms with Crippen LogP contribution in [0.2, 0.25) is 0 Å². The third-order valence-electron chi connectivity index (χ3n) is 4.39. The summed E-state index contributed by atoms with van der Waals surface area (Å²) < 4.78 is 11.3. The van der Waals surface area contributed by atoms with E-state index < -0.39 is 0 Å². The van der Waals surface area contributed by atoms with Gasteiger partial charge in [0.2, 0.25) is 0 Å². The maximum absolute atomic E-state index is 5.83. The average Bonchev–Trinajstić information content (AvgIpc) is 2.65. The number of hydrogen-bond acceptors (Lipinski definition) is 4. The first kappa shape index (κ1) is 20.3. The van der Waals surface area contributed by atoms with E-state index in [1.165, 1.54) is 11.1 Å². The smallest absolute Gasteiger partial charge is 0.161 e. The monoisotopic (exact) mass is 356 g/mol. The molecule has 0 aromatic heterocycles. The molecule has 142 valence electrons. The van der Waals surface area contributed by atoms with Gasteiger partial charge in [0.1, 0.15) is 6.61 Å². The zero-order chi connectivity index (χ0) is 18.8. The molecule has 1 atom stereocenters. The van der Waals surface area contributed by atoms with Crippen LogP contribution in [0, 0.1) is 0 Å². The van der Waals surface area contributed by atoms with Crippen LogP contribution in [0.4, 0.5) is 0 Å². The highest BCUT2D eigenvalue weighted by atomic mass is 16.5. The largest absolute Gasteiger partial charge is 0.493 e. The molecule has 0 fully saturated rings. The van der Waals surface area contributed by atoms with Crippen molar-refractivity contribution in [1.82, 2.24) is 10.2 Å². The lowest BCUT2D eigenvalue weighted by atomic mass is 10.1. The second-order valence-corrected chi connectivity index (χ2v) is 6.94. The molecular weight excluding hydrogens is 324 g/mol. The van der Waals surface area contributed by atoms with Gasteiger partial charge in [-0.2, -0.15) is 0 Å². The molecule has 0 bridgehead atoms. The molecule has 2 rings (SSSR count). The van der Waals surface area contributed by atoms with E-state index in [0.717, 1.165) is 37.4 Å². The molecule has 26 heavy (non-hydrogen) atoms. The number of hydrogen-bond donors (Lipinski definition) is 1. The Hall–Kier alpha value is -2.04. The number of nitrogens with zero attached hydrogens (tertiary/aromatic N) is 1. The predicted molar refractivity (Wildman–Crippen MR) is 108 cm³/mol. The topological polar surface area (TPSA) is 33.7 Å². The van der Waals surface area contributed by atoms with Crippen molar-refractivity contribution in [3.8, 4) is 11.5 Å². The van der Waals surface area contributed by atoms with Crippen molar-refractivity contribution < 1.29 is 9.47 Å². The number of rotatable bonds is 11. The Morgan fingerprint density at radius 3 is 2.46 bits per heavy atom. The zero-order valence-corrected chi connectivity index (χ0v) is 16.5. The van der Waals surface area contributed by atoms with Gasteiger partial charge in [0.15, 0.2) is 11.5 Å². The van der Waals surface area contributed by atoms with Gasteiger partial charge in [0, 0.05) is 19.1 Å². The van der Waals surface area contributed by atoms with Crippen molar-refractivity contribution in [1.29, 1.82) is 0 Å². The highest BCUT2D eigenvalue weighted by molar-refractivity contribution is 5.43. The summed E-state index contributed by atoms with van der Waals surface area (Å²) in [5.74, 6) is 1.62. The Labute approximate surface area is 158 Å². The van der Waals surface area contributed by atoms with Crippen LogP contribution in [-0.4, -0.2) is 45.3 Å². The van der Waals surface area contributed by atoms with Gasteiger partial charge in [-0.3, -0.25) is 0 Å². The van der Waals surface area contributed by atoms with E-state index in [4.69, 9.17) is 9.47 Å². The predicted octanol–water partition coefficient (Wildman–Crippen LogP) is 3.75. The molecule has 0 aliphatic heterocycles. The fraction of sp³-hybridized carbons (Fsp3) is 0.455. The molecule has 0 saturated carbocycles. The standard InChI is InChI=1S/C22H32N2O2/c1-18(23-17-20-8-6-5-7-9-20)10-11-19-12-13-21(22(16-19)25-4)26-15-14-24(2)3/h5-9,12-13,16,18,23H,10-11,14-15,17H2,1-4H3. The second kappa shape index (κ2) is 10.8. The van der Waals surface area contributed by atoms with Gasteiger partial charge >= 0.3 is 0 Å². The minimum absolute atomic E-state index is 0.456. The molecule has 0 saturated heterocycles. The first-order valence-corrected chi connectivity index (χ1v) is 9.30. The number of nitrogens with one attached hydrogen (secondary N) is 1. The summed E-state index contributed by atoms with van der Waals surface area (Å²) in [6.07, 6.45) is 2.09. The Morgan fingerprint density at radius 2 is 1.77 bits per heavy atom. The fourth-order valence-electron chi connectivity index (χ4n) is 2.70. The summed E-state index contributed by atoms with van der Waals surface area (Å²) in [6.45, 7) is 4.68. The molecule has 1 N–H and O–H groups in total. The summed E-state index contributed by atoms with van der Waals surface area (Å²) in [4.78, 5) is 2.10. The molecule has 2 aromatic carbocycles. The van der Waals surface area contributed by atoms with Crippen molar-refractivity contribution in [2.75, 3.05) is 34.4 Å². The van der Waals surface area contributed by atoms with Crippen molar-refractivity contribution in [3.05, 3.63) is 59.7 Å². The molecule has 0 aliphatic rings. The van der Waals surface area contributed by atoms with Gasteiger partial charge in [-0.15, -0.1) is 0 Å². The lowest BCUT2D eigenvalue weighted by molar-refractivity contribution is 0.250. The SMILES string of the molecule is COc1cc(CCC(C)NCc2ccccc2)ccc1OCCN(C)C. The molecule has 0 radical (unpaired) electrons. The maximum Gasteiger partial charge on any atom is 0.161 e. The van der Waals surface area contributed by atoms with Crippen LogP contribution in [0.5, 0.6) is 11.5 Å². The molecule has 2 aromatic rings. The Morgan fingerprint density at radius 1 is 1.00 bits per heavy atom. The maximum atomic E-state index is 5.83. The van der Waals surface area contributed by atoms with E-state index in [1.54, 1.807) is 7.11 Å². The first-order valence-electron chi connectivity index (χ1n) is 9.30. The fourth-order valence-corrected chi connectivity index (χ4v) is 2.70. The number of aryl methyl sites for hydroxylation is 1. The van der Waals surface area contributed by atoms with Crippen LogP contribution in [0.15, 0.2) is 48.5 Å². The van der Waals surface area contributed by atoms with E-state index >= 15 is 0 Å². The Bertz CT molecular complexity index is 644. The third-order valence-corrected chi connectivity index (χ3v) is 4.39. The van der Waals surface area contributed by atoms with Crippen LogP contribution in [-0.2, 0) is 13.0 Å². The Kier molecular flexibility index (Phi) is 8.45. The van der Waals surface area contributed by atoms with Crippen LogP contribution in [0.3, 0.4) is 0 Å².